The second-order valence-electron chi connectivity index (χ2n) is 11.4. The van der Waals surface area contributed by atoms with E-state index in [1.54, 1.807) is 13.0 Å². The summed E-state index contributed by atoms with van der Waals surface area (Å²) in [6, 6.07) is 0. The fourth-order valence-electron chi connectivity index (χ4n) is 6.31. The second kappa shape index (κ2) is 12.3. The Hall–Kier alpha value is -2.62. The minimum absolute atomic E-state index is 0.0125. The third-order valence-corrected chi connectivity index (χ3v) is 8.63. The van der Waals surface area contributed by atoms with Crippen molar-refractivity contribution in [1.29, 1.82) is 0 Å². The van der Waals surface area contributed by atoms with Crippen molar-refractivity contribution in [1.82, 2.24) is 0 Å². The van der Waals surface area contributed by atoms with E-state index in [1.165, 1.54) is 12.5 Å². The van der Waals surface area contributed by atoms with Crippen LogP contribution in [0.1, 0.15) is 78.6 Å². The summed E-state index contributed by atoms with van der Waals surface area (Å²) < 4.78 is 14.5. The molecule has 37 heavy (non-hydrogen) atoms. The zero-order valence-electron chi connectivity index (χ0n) is 22.8. The topological polar surface area (TPSA) is 51.2 Å². The predicted molar refractivity (Wildman–Crippen MR) is 149 cm³/mol. The molecule has 4 heteroatoms. The number of halogens is 1. The quantitative estimate of drug-likeness (QED) is 0.254. The monoisotopic (exact) mass is 506 g/mol. The van der Waals surface area contributed by atoms with Crippen LogP contribution in [0.3, 0.4) is 0 Å². The molecular weight excluding hydrogens is 463 g/mol. The van der Waals surface area contributed by atoms with Gasteiger partial charge in [-0.25, -0.2) is 4.39 Å². The van der Waals surface area contributed by atoms with Crippen molar-refractivity contribution < 1.29 is 18.8 Å². The van der Waals surface area contributed by atoms with Crippen LogP contribution >= 0.6 is 0 Å². The number of Topliss-reactive ketones (excluding diaryl/α,β-unsaturated/α-hetero) is 3. The van der Waals surface area contributed by atoms with Gasteiger partial charge in [-0.05, 0) is 70.6 Å². The van der Waals surface area contributed by atoms with Gasteiger partial charge in [-0.1, -0.05) is 61.1 Å². The number of carbonyl (C=O) groups is 3. The highest BCUT2D eigenvalue weighted by Crippen LogP contribution is 2.46. The Bertz CT molecular complexity index is 1030. The molecule has 0 bridgehead atoms. The molecule has 0 spiro atoms. The average molecular weight is 507 g/mol. The second-order valence-corrected chi connectivity index (χ2v) is 11.4. The van der Waals surface area contributed by atoms with Gasteiger partial charge in [0.15, 0.2) is 5.78 Å². The van der Waals surface area contributed by atoms with Crippen molar-refractivity contribution in [3.63, 3.8) is 0 Å². The summed E-state index contributed by atoms with van der Waals surface area (Å²) in [4.78, 5) is 39.0. The summed E-state index contributed by atoms with van der Waals surface area (Å²) in [5.74, 6) is -0.265. The zero-order valence-corrected chi connectivity index (χ0v) is 22.8. The first-order valence-corrected chi connectivity index (χ1v) is 13.8. The van der Waals surface area contributed by atoms with Crippen LogP contribution in [0.25, 0.3) is 0 Å². The van der Waals surface area contributed by atoms with E-state index < -0.39 is 17.0 Å². The molecule has 0 amide bonds. The van der Waals surface area contributed by atoms with Crippen LogP contribution < -0.4 is 0 Å². The molecule has 200 valence electrons. The molecule has 0 aromatic rings. The first-order chi connectivity index (χ1) is 17.6. The summed E-state index contributed by atoms with van der Waals surface area (Å²) in [6.45, 7) is 13.2. The van der Waals surface area contributed by atoms with Gasteiger partial charge in [0.2, 0.25) is 0 Å². The highest BCUT2D eigenvalue weighted by atomic mass is 19.1. The van der Waals surface area contributed by atoms with Crippen LogP contribution in [0.5, 0.6) is 0 Å². The molecule has 3 aliphatic rings. The van der Waals surface area contributed by atoms with Gasteiger partial charge < -0.3 is 4.79 Å². The molecule has 0 aromatic heterocycles. The lowest BCUT2D eigenvalue weighted by Gasteiger charge is -2.40. The smallest absolute Gasteiger partial charge is 0.163 e. The van der Waals surface area contributed by atoms with Gasteiger partial charge in [-0.3, -0.25) is 9.59 Å². The third kappa shape index (κ3) is 6.83. The van der Waals surface area contributed by atoms with E-state index in [0.29, 0.717) is 24.3 Å². The maximum absolute atomic E-state index is 14.5. The molecule has 1 saturated carbocycles. The molecule has 3 nitrogen and oxygen atoms in total. The van der Waals surface area contributed by atoms with Crippen LogP contribution in [0, 0.1) is 29.1 Å². The standard InChI is InChI=1S/C33H43FO3/c1-6-10-24-11-9-12-29(24)28(7-2)25-13-15-26(16-14-25)30(36)22-27(21-23(4)35)31(37)33(8-3)19-17-32(5,34)18-20-33/h7-10,12-13,15-16,25,27-29H,2-3,6,11,14,17-22H2,1,4-5H3/b24-10-. The molecular formula is C33H43FO3. The predicted octanol–water partition coefficient (Wildman–Crippen LogP) is 7.80. The normalized spacial score (nSPS) is 32.0. The summed E-state index contributed by atoms with van der Waals surface area (Å²) in [7, 11) is 0. The molecule has 0 aromatic carbocycles. The van der Waals surface area contributed by atoms with Crippen LogP contribution in [0.15, 0.2) is 72.9 Å². The van der Waals surface area contributed by atoms with E-state index in [4.69, 9.17) is 0 Å². The number of carbonyl (C=O) groups excluding carboxylic acids is 3. The van der Waals surface area contributed by atoms with Crippen molar-refractivity contribution in [3.8, 4) is 0 Å². The summed E-state index contributed by atoms with van der Waals surface area (Å²) in [6.07, 6.45) is 20.4. The van der Waals surface area contributed by atoms with Crippen LogP contribution in [-0.2, 0) is 14.4 Å². The molecule has 0 radical (unpaired) electrons. The molecule has 3 rings (SSSR count). The fourth-order valence-corrected chi connectivity index (χ4v) is 6.31. The fraction of sp³-hybridized carbons (Fsp3) is 0.545. The molecule has 0 N–H and O–H groups in total. The Morgan fingerprint density at radius 1 is 1.14 bits per heavy atom. The molecule has 1 fully saturated rings. The number of allylic oxidation sites excluding steroid dienone is 10. The highest BCUT2D eigenvalue weighted by Gasteiger charge is 2.46. The third-order valence-electron chi connectivity index (χ3n) is 8.63. The lowest BCUT2D eigenvalue weighted by Crippen LogP contribution is -2.42. The number of ketones is 3. The van der Waals surface area contributed by atoms with Gasteiger partial charge in [0.1, 0.15) is 17.2 Å². The number of hydrogen-bond acceptors (Lipinski definition) is 3. The van der Waals surface area contributed by atoms with E-state index in [0.717, 1.165) is 19.3 Å². The van der Waals surface area contributed by atoms with Crippen molar-refractivity contribution in [2.45, 2.75) is 84.2 Å². The number of hydrogen-bond donors (Lipinski definition) is 0. The summed E-state index contributed by atoms with van der Waals surface area (Å²) in [5, 5.41) is 0. The average Bonchev–Trinajstić information content (AvgIpc) is 3.32. The van der Waals surface area contributed by atoms with Crippen molar-refractivity contribution >= 4 is 17.3 Å². The minimum atomic E-state index is -1.29. The van der Waals surface area contributed by atoms with E-state index >= 15 is 0 Å². The minimum Gasteiger partial charge on any atom is -0.300 e. The van der Waals surface area contributed by atoms with Crippen LogP contribution in [0.2, 0.25) is 0 Å². The molecule has 0 heterocycles. The molecule has 3 aliphatic carbocycles. The maximum atomic E-state index is 14.5. The van der Waals surface area contributed by atoms with Gasteiger partial charge in [-0.2, -0.15) is 0 Å². The van der Waals surface area contributed by atoms with E-state index in [-0.39, 0.29) is 54.9 Å². The Balaban J connectivity index is 1.71. The van der Waals surface area contributed by atoms with Crippen LogP contribution in [-0.4, -0.2) is 23.0 Å². The van der Waals surface area contributed by atoms with Gasteiger partial charge in [0, 0.05) is 35.7 Å². The molecule has 0 saturated heterocycles. The van der Waals surface area contributed by atoms with Gasteiger partial charge in [0.25, 0.3) is 0 Å². The Morgan fingerprint density at radius 3 is 2.38 bits per heavy atom. The van der Waals surface area contributed by atoms with E-state index in [1.807, 2.05) is 18.2 Å². The van der Waals surface area contributed by atoms with Gasteiger partial charge in [0.05, 0.1) is 0 Å². The number of alkyl halides is 1. The first-order valence-electron chi connectivity index (χ1n) is 13.8. The van der Waals surface area contributed by atoms with Crippen molar-refractivity contribution in [2.24, 2.45) is 29.1 Å². The highest BCUT2D eigenvalue weighted by molar-refractivity contribution is 6.02. The van der Waals surface area contributed by atoms with E-state index in [9.17, 15) is 18.8 Å². The van der Waals surface area contributed by atoms with Crippen molar-refractivity contribution in [3.05, 3.63) is 72.9 Å². The lowest BCUT2D eigenvalue weighted by molar-refractivity contribution is -0.137. The zero-order chi connectivity index (χ0) is 27.2. The molecule has 4 unspecified atom stereocenters. The largest absolute Gasteiger partial charge is 0.300 e. The number of rotatable bonds is 12. The first kappa shape index (κ1) is 28.9. The Kier molecular flexibility index (Phi) is 9.61. The van der Waals surface area contributed by atoms with E-state index in [2.05, 4.69) is 44.4 Å². The van der Waals surface area contributed by atoms with Crippen LogP contribution in [0.4, 0.5) is 4.39 Å². The van der Waals surface area contributed by atoms with Gasteiger partial charge in [-0.15, -0.1) is 13.2 Å². The molecule has 0 aliphatic heterocycles. The maximum Gasteiger partial charge on any atom is 0.163 e. The molecule has 4 atom stereocenters. The summed E-state index contributed by atoms with van der Waals surface area (Å²) in [5.41, 5.74) is -0.134. The van der Waals surface area contributed by atoms with Crippen molar-refractivity contribution in [2.75, 3.05) is 0 Å². The Labute approximate surface area is 222 Å². The SMILES string of the molecule is C=CC(C1C=CC(C(=O)CC(CC(C)=O)C(=O)C2(C=C)CCC(C)(F)CC2)=CC1)C1C=CC/C1=C/CC. The Morgan fingerprint density at radius 2 is 1.84 bits per heavy atom. The lowest BCUT2D eigenvalue weighted by atomic mass is 9.64. The summed E-state index contributed by atoms with van der Waals surface area (Å²) >= 11 is 0. The van der Waals surface area contributed by atoms with Gasteiger partial charge >= 0.3 is 0 Å².